The van der Waals surface area contributed by atoms with Crippen molar-refractivity contribution in [3.8, 4) is 0 Å². The van der Waals surface area contributed by atoms with Gasteiger partial charge in [0, 0.05) is 42.7 Å². The number of aliphatic hydroxyl groups excluding tert-OH is 1. The number of benzene rings is 2. The van der Waals surface area contributed by atoms with E-state index >= 15 is 0 Å². The zero-order chi connectivity index (χ0) is 31.1. The number of aromatic nitrogens is 1. The molecule has 0 spiro atoms. The molecule has 3 aromatic rings. The van der Waals surface area contributed by atoms with Crippen LogP contribution in [0.4, 0.5) is 11.5 Å². The van der Waals surface area contributed by atoms with E-state index in [1.54, 1.807) is 34.2 Å². The summed E-state index contributed by atoms with van der Waals surface area (Å²) in [6.45, 7) is 4.21. The van der Waals surface area contributed by atoms with Crippen LogP contribution in [-0.2, 0) is 22.6 Å². The summed E-state index contributed by atoms with van der Waals surface area (Å²) in [4.78, 5) is 47.7. The maximum Gasteiger partial charge on any atom is 0.258 e. The first-order valence-electron chi connectivity index (χ1n) is 15.7. The second-order valence-electron chi connectivity index (χ2n) is 12.1. The third-order valence-corrected chi connectivity index (χ3v) is 9.25. The van der Waals surface area contributed by atoms with Crippen molar-refractivity contribution < 1.29 is 24.2 Å². The van der Waals surface area contributed by atoms with E-state index in [1.807, 2.05) is 37.3 Å². The Balaban J connectivity index is 1.14. The molecule has 0 radical (unpaired) electrons. The average molecular weight is 605 g/mol. The Hall–Kier alpha value is -4.60. The van der Waals surface area contributed by atoms with Crippen molar-refractivity contribution in [2.75, 3.05) is 43.1 Å². The van der Waals surface area contributed by atoms with Gasteiger partial charge in [-0.2, -0.15) is 0 Å². The quantitative estimate of drug-likeness (QED) is 0.401. The molecule has 3 heterocycles. The second kappa shape index (κ2) is 12.1. The number of pyridine rings is 1. The molecule has 230 valence electrons. The Morgan fingerprint density at radius 2 is 1.84 bits per heavy atom. The fourth-order valence-corrected chi connectivity index (χ4v) is 6.43. The van der Waals surface area contributed by atoms with Gasteiger partial charge in [0.05, 0.1) is 37.0 Å². The normalized spacial score (nSPS) is 20.0. The minimum absolute atomic E-state index is 0.0766. The summed E-state index contributed by atoms with van der Waals surface area (Å²) in [5, 5.41) is 13.9. The Bertz CT molecular complexity index is 1730. The standard InChI is InChI=1S/C36H36N4O5/c1-22-31(38-34-10-8-26(20-37-34)35(43)39-13-15-45-16-14-39)18-27(19-33(22)42)28-3-2-4-32(30(28)21-41)40-12-11-25-17-24(23-5-6-23)7-9-29(25)36(40)44/h2-4,7-10,17-20,22-23,41H,5-6,11-16,21H2,1H3,(H,37,38). The van der Waals surface area contributed by atoms with Crippen molar-refractivity contribution in [2.45, 2.75) is 38.7 Å². The summed E-state index contributed by atoms with van der Waals surface area (Å²) in [6.07, 6.45) is 8.21. The topological polar surface area (TPSA) is 112 Å². The molecule has 2 amide bonds. The van der Waals surface area contributed by atoms with Crippen molar-refractivity contribution in [1.29, 1.82) is 0 Å². The van der Waals surface area contributed by atoms with Gasteiger partial charge in [0.15, 0.2) is 5.78 Å². The molecule has 1 saturated heterocycles. The van der Waals surface area contributed by atoms with Gasteiger partial charge in [-0.05, 0) is 90.8 Å². The van der Waals surface area contributed by atoms with Crippen LogP contribution in [0.15, 0.2) is 72.6 Å². The van der Waals surface area contributed by atoms with E-state index in [1.165, 1.54) is 18.4 Å². The fraction of sp³-hybridized carbons (Fsp3) is 0.333. The molecule has 9 heteroatoms. The zero-order valence-corrected chi connectivity index (χ0v) is 25.3. The first-order valence-corrected chi connectivity index (χ1v) is 15.7. The number of hydrogen-bond acceptors (Lipinski definition) is 7. The number of morpholine rings is 1. The van der Waals surface area contributed by atoms with Gasteiger partial charge in [-0.3, -0.25) is 14.4 Å². The lowest BCUT2D eigenvalue weighted by Gasteiger charge is -2.31. The monoisotopic (exact) mass is 604 g/mol. The maximum absolute atomic E-state index is 13.7. The van der Waals surface area contributed by atoms with Crippen LogP contribution in [0.25, 0.3) is 5.57 Å². The largest absolute Gasteiger partial charge is 0.392 e. The highest BCUT2D eigenvalue weighted by Gasteiger charge is 2.31. The lowest BCUT2D eigenvalue weighted by atomic mass is 9.87. The van der Waals surface area contributed by atoms with Crippen LogP contribution in [0.3, 0.4) is 0 Å². The minimum atomic E-state index is -0.438. The highest BCUT2D eigenvalue weighted by molar-refractivity contribution is 6.10. The number of carbonyl (C=O) groups excluding carboxylic acids is 3. The maximum atomic E-state index is 13.7. The number of ketones is 1. The number of rotatable bonds is 7. The number of ether oxygens (including phenoxy) is 1. The summed E-state index contributed by atoms with van der Waals surface area (Å²) in [6, 6.07) is 15.3. The molecule has 0 bridgehead atoms. The van der Waals surface area contributed by atoms with Crippen molar-refractivity contribution >= 4 is 34.7 Å². The molecule has 2 aromatic carbocycles. The molecule has 1 atom stereocenters. The number of allylic oxidation sites excluding steroid dienone is 4. The molecule has 1 unspecified atom stereocenters. The van der Waals surface area contributed by atoms with Crippen molar-refractivity contribution in [3.05, 3.63) is 106 Å². The van der Waals surface area contributed by atoms with E-state index in [-0.39, 0.29) is 24.2 Å². The zero-order valence-electron chi connectivity index (χ0n) is 25.3. The van der Waals surface area contributed by atoms with Gasteiger partial charge in [0.25, 0.3) is 11.8 Å². The smallest absolute Gasteiger partial charge is 0.258 e. The van der Waals surface area contributed by atoms with Crippen LogP contribution in [0.1, 0.15) is 68.7 Å². The number of fused-ring (bicyclic) bond motifs is 1. The molecular weight excluding hydrogens is 568 g/mol. The minimum Gasteiger partial charge on any atom is -0.392 e. The average Bonchev–Trinajstić information content (AvgIpc) is 3.93. The third kappa shape index (κ3) is 5.69. The Labute approximate surface area is 262 Å². The van der Waals surface area contributed by atoms with Crippen LogP contribution in [0.5, 0.6) is 0 Å². The number of carbonyl (C=O) groups is 3. The Kier molecular flexibility index (Phi) is 7.81. The summed E-state index contributed by atoms with van der Waals surface area (Å²) >= 11 is 0. The Morgan fingerprint density at radius 3 is 2.58 bits per heavy atom. The predicted molar refractivity (Wildman–Crippen MR) is 171 cm³/mol. The van der Waals surface area contributed by atoms with Crippen molar-refractivity contribution in [3.63, 3.8) is 0 Å². The molecule has 4 aliphatic rings. The number of anilines is 2. The van der Waals surface area contributed by atoms with Gasteiger partial charge in [-0.25, -0.2) is 4.98 Å². The second-order valence-corrected chi connectivity index (χ2v) is 12.1. The lowest BCUT2D eigenvalue weighted by Crippen LogP contribution is -2.40. The van der Waals surface area contributed by atoms with Gasteiger partial charge >= 0.3 is 0 Å². The molecule has 2 N–H and O–H groups in total. The van der Waals surface area contributed by atoms with E-state index in [9.17, 15) is 19.5 Å². The third-order valence-electron chi connectivity index (χ3n) is 9.25. The number of nitrogens with one attached hydrogen (secondary N) is 1. The van der Waals surface area contributed by atoms with Crippen molar-refractivity contribution in [2.24, 2.45) is 5.92 Å². The van der Waals surface area contributed by atoms with Crippen LogP contribution in [0, 0.1) is 5.92 Å². The summed E-state index contributed by atoms with van der Waals surface area (Å²) in [5.41, 5.74) is 6.83. The SMILES string of the molecule is CC1C(=O)C=C(c2cccc(N3CCc4cc(C5CC5)ccc4C3=O)c2CO)C=C1Nc1ccc(C(=O)N2CCOCC2)cn1. The Morgan fingerprint density at radius 1 is 1.02 bits per heavy atom. The highest BCUT2D eigenvalue weighted by atomic mass is 16.5. The molecule has 9 nitrogen and oxygen atoms in total. The number of amides is 2. The fourth-order valence-electron chi connectivity index (χ4n) is 6.43. The highest BCUT2D eigenvalue weighted by Crippen LogP contribution is 2.41. The lowest BCUT2D eigenvalue weighted by molar-refractivity contribution is -0.116. The molecule has 1 aromatic heterocycles. The van der Waals surface area contributed by atoms with Gasteiger partial charge in [-0.15, -0.1) is 0 Å². The molecule has 7 rings (SSSR count). The van der Waals surface area contributed by atoms with Crippen LogP contribution < -0.4 is 10.2 Å². The molecule has 2 fully saturated rings. The molecule has 1 saturated carbocycles. The first kappa shape index (κ1) is 29.1. The molecular formula is C36H36N4O5. The molecule has 2 aliphatic heterocycles. The van der Waals surface area contributed by atoms with E-state index in [4.69, 9.17) is 4.74 Å². The van der Waals surface area contributed by atoms with Gasteiger partial charge in [0.1, 0.15) is 5.82 Å². The van der Waals surface area contributed by atoms with Gasteiger partial charge in [0.2, 0.25) is 0 Å². The predicted octanol–water partition coefficient (Wildman–Crippen LogP) is 4.72. The van der Waals surface area contributed by atoms with Crippen LogP contribution in [0.2, 0.25) is 0 Å². The van der Waals surface area contributed by atoms with E-state index in [0.29, 0.717) is 83.8 Å². The van der Waals surface area contributed by atoms with E-state index in [2.05, 4.69) is 22.4 Å². The van der Waals surface area contributed by atoms with E-state index in [0.717, 1.165) is 12.0 Å². The summed E-state index contributed by atoms with van der Waals surface area (Å²) in [7, 11) is 0. The number of nitrogens with zero attached hydrogens (tertiary/aromatic N) is 3. The van der Waals surface area contributed by atoms with Crippen LogP contribution in [-0.4, -0.2) is 65.4 Å². The molecule has 2 aliphatic carbocycles. The van der Waals surface area contributed by atoms with Crippen LogP contribution >= 0.6 is 0 Å². The molecule has 45 heavy (non-hydrogen) atoms. The van der Waals surface area contributed by atoms with Gasteiger partial charge in [-0.1, -0.05) is 24.3 Å². The van der Waals surface area contributed by atoms with Crippen molar-refractivity contribution in [1.82, 2.24) is 9.88 Å². The van der Waals surface area contributed by atoms with E-state index < -0.39 is 5.92 Å². The first-order chi connectivity index (χ1) is 21.9. The number of hydrogen-bond donors (Lipinski definition) is 2. The summed E-state index contributed by atoms with van der Waals surface area (Å²) in [5.74, 6) is 0.455. The summed E-state index contributed by atoms with van der Waals surface area (Å²) < 4.78 is 5.34. The van der Waals surface area contributed by atoms with Gasteiger partial charge < -0.3 is 25.0 Å². The number of aliphatic hydroxyl groups is 1.